The van der Waals surface area contributed by atoms with Crippen molar-refractivity contribution in [1.29, 1.82) is 0 Å². The molecule has 2 atom stereocenters. The summed E-state index contributed by atoms with van der Waals surface area (Å²) in [4.78, 5) is 12.2. The fourth-order valence-corrected chi connectivity index (χ4v) is 2.72. The minimum atomic E-state index is -1.35. The standard InChI is InChI=1S/C19H14F3NO2/c20-14-8-4-12(5-9-14)18(23-16(22)2-1-3-17(23)24)19(25)13-6-10-15(21)11-7-13/h1-11,18-19,25H. The smallest absolute Gasteiger partial charge is 0.253 e. The number of nitrogens with zero attached hydrogens (tertiary/aromatic N) is 1. The minimum Gasteiger partial charge on any atom is -0.386 e. The maximum Gasteiger partial charge on any atom is 0.253 e. The molecule has 25 heavy (non-hydrogen) atoms. The van der Waals surface area contributed by atoms with Crippen molar-refractivity contribution in [1.82, 2.24) is 4.57 Å². The first-order valence-corrected chi connectivity index (χ1v) is 7.53. The molecule has 0 bridgehead atoms. The van der Waals surface area contributed by atoms with Gasteiger partial charge in [-0.2, -0.15) is 4.39 Å². The number of hydrogen-bond acceptors (Lipinski definition) is 2. The lowest BCUT2D eigenvalue weighted by molar-refractivity contribution is 0.123. The Morgan fingerprint density at radius 1 is 0.760 bits per heavy atom. The Hall–Kier alpha value is -2.86. The first-order valence-electron chi connectivity index (χ1n) is 7.53. The Morgan fingerprint density at radius 2 is 1.28 bits per heavy atom. The van der Waals surface area contributed by atoms with E-state index in [-0.39, 0.29) is 0 Å². The molecule has 1 aromatic heterocycles. The van der Waals surface area contributed by atoms with Gasteiger partial charge in [0, 0.05) is 6.07 Å². The molecule has 3 aromatic rings. The Labute approximate surface area is 141 Å². The minimum absolute atomic E-state index is 0.297. The van der Waals surface area contributed by atoms with Crippen LogP contribution in [0.3, 0.4) is 0 Å². The number of aromatic nitrogens is 1. The quantitative estimate of drug-likeness (QED) is 0.735. The first kappa shape index (κ1) is 17.0. The number of rotatable bonds is 4. The highest BCUT2D eigenvalue weighted by atomic mass is 19.1. The molecular formula is C19H14F3NO2. The lowest BCUT2D eigenvalue weighted by Gasteiger charge is -2.26. The Bertz CT molecular complexity index is 921. The van der Waals surface area contributed by atoms with Gasteiger partial charge in [0.25, 0.3) is 5.56 Å². The highest BCUT2D eigenvalue weighted by Crippen LogP contribution is 2.32. The van der Waals surface area contributed by atoms with Gasteiger partial charge in [-0.1, -0.05) is 30.3 Å². The number of halogens is 3. The molecule has 128 valence electrons. The molecule has 0 amide bonds. The van der Waals surface area contributed by atoms with Crippen molar-refractivity contribution in [2.75, 3.05) is 0 Å². The molecule has 3 nitrogen and oxygen atoms in total. The second-order valence-corrected chi connectivity index (χ2v) is 5.55. The average molecular weight is 345 g/mol. The number of aliphatic hydroxyl groups is 1. The van der Waals surface area contributed by atoms with Crippen molar-refractivity contribution in [2.24, 2.45) is 0 Å². The van der Waals surface area contributed by atoms with Gasteiger partial charge in [0.1, 0.15) is 17.7 Å². The molecule has 2 aromatic carbocycles. The zero-order valence-electron chi connectivity index (χ0n) is 12.9. The summed E-state index contributed by atoms with van der Waals surface area (Å²) in [5, 5.41) is 10.8. The fourth-order valence-electron chi connectivity index (χ4n) is 2.72. The molecule has 2 unspecified atom stereocenters. The van der Waals surface area contributed by atoms with Crippen molar-refractivity contribution in [3.8, 4) is 0 Å². The van der Waals surface area contributed by atoms with Crippen LogP contribution in [0, 0.1) is 17.6 Å². The molecule has 0 saturated heterocycles. The van der Waals surface area contributed by atoms with E-state index in [0.717, 1.165) is 41.0 Å². The van der Waals surface area contributed by atoms with Gasteiger partial charge in [-0.25, -0.2) is 8.78 Å². The molecule has 1 N–H and O–H groups in total. The van der Waals surface area contributed by atoms with Crippen LogP contribution < -0.4 is 5.56 Å². The van der Waals surface area contributed by atoms with Crippen LogP contribution in [0.15, 0.2) is 71.5 Å². The second kappa shape index (κ2) is 6.94. The lowest BCUT2D eigenvalue weighted by Crippen LogP contribution is -2.31. The second-order valence-electron chi connectivity index (χ2n) is 5.55. The molecule has 0 fully saturated rings. The molecule has 6 heteroatoms. The highest BCUT2D eigenvalue weighted by Gasteiger charge is 2.27. The van der Waals surface area contributed by atoms with Crippen LogP contribution >= 0.6 is 0 Å². The van der Waals surface area contributed by atoms with E-state index in [4.69, 9.17) is 0 Å². The number of benzene rings is 2. The van der Waals surface area contributed by atoms with Crippen LogP contribution in [0.25, 0.3) is 0 Å². The molecule has 0 aliphatic rings. The topological polar surface area (TPSA) is 42.2 Å². The largest absolute Gasteiger partial charge is 0.386 e. The van der Waals surface area contributed by atoms with Gasteiger partial charge >= 0.3 is 0 Å². The summed E-state index contributed by atoms with van der Waals surface area (Å²) in [5.41, 5.74) is -0.0215. The van der Waals surface area contributed by atoms with Crippen LogP contribution in [0.1, 0.15) is 23.3 Å². The average Bonchev–Trinajstić information content (AvgIpc) is 2.59. The van der Waals surface area contributed by atoms with E-state index >= 15 is 0 Å². The van der Waals surface area contributed by atoms with E-state index in [1.807, 2.05) is 0 Å². The molecule has 1 heterocycles. The van der Waals surface area contributed by atoms with Crippen molar-refractivity contribution < 1.29 is 18.3 Å². The highest BCUT2D eigenvalue weighted by molar-refractivity contribution is 5.28. The third kappa shape index (κ3) is 3.49. The van der Waals surface area contributed by atoms with Gasteiger partial charge in [0.15, 0.2) is 5.95 Å². The predicted octanol–water partition coefficient (Wildman–Crippen LogP) is 3.59. The van der Waals surface area contributed by atoms with E-state index in [9.17, 15) is 23.1 Å². The van der Waals surface area contributed by atoms with E-state index in [1.54, 1.807) is 0 Å². The Morgan fingerprint density at radius 3 is 1.80 bits per heavy atom. The molecule has 0 aliphatic heterocycles. The fraction of sp³-hybridized carbons (Fsp3) is 0.105. The van der Waals surface area contributed by atoms with Gasteiger partial charge in [-0.15, -0.1) is 0 Å². The number of hydrogen-bond donors (Lipinski definition) is 1. The first-order chi connectivity index (χ1) is 12.0. The van der Waals surface area contributed by atoms with E-state index in [1.165, 1.54) is 30.3 Å². The Balaban J connectivity index is 2.16. The van der Waals surface area contributed by atoms with Crippen molar-refractivity contribution in [3.63, 3.8) is 0 Å². The third-order valence-electron chi connectivity index (χ3n) is 3.94. The van der Waals surface area contributed by atoms with Crippen LogP contribution in [-0.4, -0.2) is 9.67 Å². The molecular weight excluding hydrogens is 331 g/mol. The van der Waals surface area contributed by atoms with E-state index in [2.05, 4.69) is 0 Å². The SMILES string of the molecule is O=c1cccc(F)n1C(c1ccc(F)cc1)C(O)c1ccc(F)cc1. The van der Waals surface area contributed by atoms with Crippen molar-refractivity contribution >= 4 is 0 Å². The summed E-state index contributed by atoms with van der Waals surface area (Å²) < 4.78 is 41.5. The van der Waals surface area contributed by atoms with Crippen LogP contribution in [0.4, 0.5) is 13.2 Å². The van der Waals surface area contributed by atoms with Crippen molar-refractivity contribution in [2.45, 2.75) is 12.1 Å². The van der Waals surface area contributed by atoms with E-state index < -0.39 is 35.3 Å². The summed E-state index contributed by atoms with van der Waals surface area (Å²) in [7, 11) is 0. The summed E-state index contributed by atoms with van der Waals surface area (Å²) in [6.07, 6.45) is -1.35. The zero-order valence-corrected chi connectivity index (χ0v) is 12.9. The Kier molecular flexibility index (Phi) is 4.72. The molecule has 3 rings (SSSR count). The van der Waals surface area contributed by atoms with Crippen LogP contribution in [0.2, 0.25) is 0 Å². The van der Waals surface area contributed by atoms with Crippen LogP contribution in [-0.2, 0) is 0 Å². The third-order valence-corrected chi connectivity index (χ3v) is 3.94. The maximum absolute atomic E-state index is 14.3. The van der Waals surface area contributed by atoms with Crippen LogP contribution in [0.5, 0.6) is 0 Å². The summed E-state index contributed by atoms with van der Waals surface area (Å²) >= 11 is 0. The van der Waals surface area contributed by atoms with Gasteiger partial charge in [0.2, 0.25) is 0 Å². The maximum atomic E-state index is 14.3. The lowest BCUT2D eigenvalue weighted by atomic mass is 9.95. The number of aliphatic hydroxyl groups excluding tert-OH is 1. The van der Waals surface area contributed by atoms with Gasteiger partial charge in [0.05, 0.1) is 6.04 Å². The molecule has 0 spiro atoms. The van der Waals surface area contributed by atoms with Gasteiger partial charge in [-0.05, 0) is 41.5 Å². The summed E-state index contributed by atoms with van der Waals surface area (Å²) in [6.45, 7) is 0. The predicted molar refractivity (Wildman–Crippen MR) is 86.6 cm³/mol. The zero-order chi connectivity index (χ0) is 18.0. The summed E-state index contributed by atoms with van der Waals surface area (Å²) in [5.74, 6) is -1.83. The summed E-state index contributed by atoms with van der Waals surface area (Å²) in [6, 6.07) is 12.4. The van der Waals surface area contributed by atoms with Gasteiger partial charge < -0.3 is 5.11 Å². The number of pyridine rings is 1. The normalized spacial score (nSPS) is 13.4. The molecule has 0 radical (unpaired) electrons. The molecule has 0 aliphatic carbocycles. The molecule has 0 saturated carbocycles. The van der Waals surface area contributed by atoms with E-state index in [0.29, 0.717) is 11.1 Å². The monoisotopic (exact) mass is 345 g/mol. The van der Waals surface area contributed by atoms with Crippen molar-refractivity contribution in [3.05, 3.63) is 106 Å². The van der Waals surface area contributed by atoms with Gasteiger partial charge in [-0.3, -0.25) is 9.36 Å².